The summed E-state index contributed by atoms with van der Waals surface area (Å²) in [5.74, 6) is 1.88. The van der Waals surface area contributed by atoms with Crippen molar-refractivity contribution in [3.05, 3.63) is 41.4 Å². The van der Waals surface area contributed by atoms with Gasteiger partial charge in [-0.05, 0) is 55.8 Å². The highest BCUT2D eigenvalue weighted by molar-refractivity contribution is 7.13. The molecule has 168 valence electrons. The molecule has 3 aromatic rings. The maximum atomic E-state index is 13.1. The second-order valence-electron chi connectivity index (χ2n) is 8.58. The Hall–Kier alpha value is -2.94. The zero-order valence-corrected chi connectivity index (χ0v) is 19.5. The molecular weight excluding hydrogens is 422 g/mol. The summed E-state index contributed by atoms with van der Waals surface area (Å²) in [5.41, 5.74) is 1.48. The van der Waals surface area contributed by atoms with E-state index in [-0.39, 0.29) is 5.91 Å². The predicted octanol–water partition coefficient (Wildman–Crippen LogP) is 3.28. The topological polar surface area (TPSA) is 70.4 Å². The first-order valence-corrected chi connectivity index (χ1v) is 12.2. The first-order chi connectivity index (χ1) is 15.6. The molecule has 0 aliphatic carbocycles. The van der Waals surface area contributed by atoms with E-state index >= 15 is 0 Å². The zero-order valence-electron chi connectivity index (χ0n) is 18.6. The molecule has 1 amide bonds. The van der Waals surface area contributed by atoms with Crippen LogP contribution in [0.15, 0.2) is 35.7 Å². The van der Waals surface area contributed by atoms with Gasteiger partial charge in [0.2, 0.25) is 0 Å². The molecular formula is C23H29N7OS. The smallest absolute Gasteiger partial charge is 0.272 e. The minimum atomic E-state index is 0.0305. The van der Waals surface area contributed by atoms with Gasteiger partial charge in [-0.25, -0.2) is 0 Å². The largest absolute Gasteiger partial charge is 0.352 e. The van der Waals surface area contributed by atoms with Crippen LogP contribution in [-0.2, 0) is 7.05 Å². The van der Waals surface area contributed by atoms with E-state index in [0.717, 1.165) is 41.8 Å². The van der Waals surface area contributed by atoms with Gasteiger partial charge < -0.3 is 14.7 Å². The molecule has 2 saturated heterocycles. The van der Waals surface area contributed by atoms with Gasteiger partial charge in [0.1, 0.15) is 11.4 Å². The molecule has 2 fully saturated rings. The number of nitrogens with zero attached hydrogens (tertiary/aromatic N) is 7. The number of thiophene rings is 1. The molecule has 0 saturated carbocycles. The molecule has 1 unspecified atom stereocenters. The Morgan fingerprint density at radius 1 is 1.03 bits per heavy atom. The van der Waals surface area contributed by atoms with E-state index in [0.29, 0.717) is 24.8 Å². The minimum absolute atomic E-state index is 0.0305. The van der Waals surface area contributed by atoms with Crippen molar-refractivity contribution in [3.8, 4) is 10.6 Å². The van der Waals surface area contributed by atoms with Crippen molar-refractivity contribution in [2.24, 2.45) is 7.05 Å². The molecule has 8 nitrogen and oxygen atoms in total. The van der Waals surface area contributed by atoms with Crippen molar-refractivity contribution in [2.75, 3.05) is 42.5 Å². The number of piperazine rings is 1. The first-order valence-electron chi connectivity index (χ1n) is 11.3. The van der Waals surface area contributed by atoms with Crippen LogP contribution < -0.4 is 9.80 Å². The van der Waals surface area contributed by atoms with Gasteiger partial charge in [-0.2, -0.15) is 5.10 Å². The van der Waals surface area contributed by atoms with E-state index in [1.165, 1.54) is 19.3 Å². The Labute approximate surface area is 192 Å². The van der Waals surface area contributed by atoms with Crippen molar-refractivity contribution in [1.82, 2.24) is 24.9 Å². The first kappa shape index (κ1) is 20.9. The highest BCUT2D eigenvalue weighted by Crippen LogP contribution is 2.26. The number of anilines is 2. The van der Waals surface area contributed by atoms with Crippen LogP contribution in [0.3, 0.4) is 0 Å². The van der Waals surface area contributed by atoms with Crippen molar-refractivity contribution in [1.29, 1.82) is 0 Å². The average Bonchev–Trinajstić information content (AvgIpc) is 3.49. The average molecular weight is 452 g/mol. The normalized spacial score (nSPS) is 19.4. The van der Waals surface area contributed by atoms with Gasteiger partial charge in [0.15, 0.2) is 11.6 Å². The Bertz CT molecular complexity index is 1050. The van der Waals surface area contributed by atoms with Crippen molar-refractivity contribution >= 4 is 28.9 Å². The van der Waals surface area contributed by atoms with Gasteiger partial charge >= 0.3 is 0 Å². The van der Waals surface area contributed by atoms with E-state index in [1.54, 1.807) is 16.0 Å². The molecule has 5 rings (SSSR count). The molecule has 0 N–H and O–H groups in total. The summed E-state index contributed by atoms with van der Waals surface area (Å²) >= 11 is 1.63. The molecule has 0 bridgehead atoms. The summed E-state index contributed by atoms with van der Waals surface area (Å²) in [7, 11) is 1.83. The van der Waals surface area contributed by atoms with Crippen LogP contribution in [0.1, 0.15) is 36.7 Å². The number of carbonyl (C=O) groups is 1. The second kappa shape index (κ2) is 8.90. The summed E-state index contributed by atoms with van der Waals surface area (Å²) in [5, 5.41) is 15.6. The van der Waals surface area contributed by atoms with E-state index in [9.17, 15) is 4.79 Å². The Morgan fingerprint density at radius 2 is 1.81 bits per heavy atom. The highest BCUT2D eigenvalue weighted by atomic mass is 32.1. The van der Waals surface area contributed by atoms with E-state index in [1.807, 2.05) is 35.5 Å². The molecule has 3 aromatic heterocycles. The van der Waals surface area contributed by atoms with Crippen molar-refractivity contribution in [2.45, 2.75) is 32.2 Å². The summed E-state index contributed by atoms with van der Waals surface area (Å²) in [6.07, 6.45) is 3.72. The summed E-state index contributed by atoms with van der Waals surface area (Å²) < 4.78 is 1.69. The maximum absolute atomic E-state index is 13.1. The fourth-order valence-electron chi connectivity index (χ4n) is 4.59. The maximum Gasteiger partial charge on any atom is 0.272 e. The molecule has 2 aliphatic heterocycles. The monoisotopic (exact) mass is 451 g/mol. The quantitative estimate of drug-likeness (QED) is 0.606. The number of rotatable bonds is 4. The summed E-state index contributed by atoms with van der Waals surface area (Å²) in [4.78, 5) is 20.7. The lowest BCUT2D eigenvalue weighted by atomic mass is 10.0. The Morgan fingerprint density at radius 3 is 2.50 bits per heavy atom. The predicted molar refractivity (Wildman–Crippen MR) is 127 cm³/mol. The number of piperidine rings is 1. The van der Waals surface area contributed by atoms with Crippen LogP contribution in [0.25, 0.3) is 10.6 Å². The number of aromatic nitrogens is 4. The molecule has 0 aromatic carbocycles. The molecule has 0 spiro atoms. The number of hydrogen-bond acceptors (Lipinski definition) is 7. The Balaban J connectivity index is 1.21. The van der Waals surface area contributed by atoms with Crippen LogP contribution in [0.2, 0.25) is 0 Å². The van der Waals surface area contributed by atoms with Gasteiger partial charge in [0.05, 0.1) is 4.88 Å². The number of carbonyl (C=O) groups excluding carboxylic acids is 1. The fourth-order valence-corrected chi connectivity index (χ4v) is 5.27. The lowest BCUT2D eigenvalue weighted by Gasteiger charge is -2.36. The SMILES string of the molecule is CC1CCCCN1c1ccc(N2CCN(C(=O)c3cc(-c4cccs4)nn3C)CC2)nn1. The lowest BCUT2D eigenvalue weighted by Crippen LogP contribution is -2.49. The van der Waals surface area contributed by atoms with Crippen molar-refractivity contribution < 1.29 is 4.79 Å². The molecule has 5 heterocycles. The van der Waals surface area contributed by atoms with Crippen LogP contribution in [0.5, 0.6) is 0 Å². The zero-order chi connectivity index (χ0) is 22.1. The van der Waals surface area contributed by atoms with Crippen LogP contribution in [0, 0.1) is 0 Å². The van der Waals surface area contributed by atoms with Crippen molar-refractivity contribution in [3.63, 3.8) is 0 Å². The third-order valence-electron chi connectivity index (χ3n) is 6.50. The van der Waals surface area contributed by atoms with E-state index in [2.05, 4.69) is 44.2 Å². The third kappa shape index (κ3) is 4.09. The van der Waals surface area contributed by atoms with E-state index in [4.69, 9.17) is 0 Å². The van der Waals surface area contributed by atoms with Gasteiger partial charge in [0.25, 0.3) is 5.91 Å². The van der Waals surface area contributed by atoms with Crippen LogP contribution in [0.4, 0.5) is 11.6 Å². The Kier molecular flexibility index (Phi) is 5.82. The van der Waals surface area contributed by atoms with Crippen LogP contribution >= 0.6 is 11.3 Å². The van der Waals surface area contributed by atoms with Gasteiger partial charge in [-0.15, -0.1) is 21.5 Å². The molecule has 9 heteroatoms. The number of aryl methyl sites for hydroxylation is 1. The molecule has 32 heavy (non-hydrogen) atoms. The number of amides is 1. The second-order valence-corrected chi connectivity index (χ2v) is 9.53. The molecule has 0 radical (unpaired) electrons. The third-order valence-corrected chi connectivity index (χ3v) is 7.39. The summed E-state index contributed by atoms with van der Waals surface area (Å²) in [6.45, 7) is 6.12. The molecule has 2 aliphatic rings. The molecule has 1 atom stereocenters. The van der Waals surface area contributed by atoms with Gasteiger partial charge in [-0.1, -0.05) is 6.07 Å². The number of hydrogen-bond donors (Lipinski definition) is 0. The minimum Gasteiger partial charge on any atom is -0.352 e. The summed E-state index contributed by atoms with van der Waals surface area (Å²) in [6, 6.07) is 10.6. The highest BCUT2D eigenvalue weighted by Gasteiger charge is 2.26. The van der Waals surface area contributed by atoms with E-state index < -0.39 is 0 Å². The van der Waals surface area contributed by atoms with Gasteiger partial charge in [-0.3, -0.25) is 9.48 Å². The standard InChI is InChI=1S/C23H29N7OS/c1-17-6-3-4-10-30(17)22-9-8-21(24-25-22)28-11-13-29(14-12-28)23(31)19-16-18(26-27(19)2)20-7-5-15-32-20/h5,7-9,15-17H,3-4,6,10-14H2,1-2H3. The fraction of sp³-hybridized carbons (Fsp3) is 0.478. The van der Waals surface area contributed by atoms with Gasteiger partial charge in [0, 0.05) is 45.8 Å². The lowest BCUT2D eigenvalue weighted by molar-refractivity contribution is 0.0735. The van der Waals surface area contributed by atoms with Crippen LogP contribution in [-0.4, -0.2) is 69.6 Å².